The average Bonchev–Trinajstić information content (AvgIpc) is 1.83. The molecular weight excluding hydrogens is 179 g/mol. The van der Waals surface area contributed by atoms with Gasteiger partial charge in [0.1, 0.15) is 10.7 Å². The van der Waals surface area contributed by atoms with Crippen LogP contribution in [0.3, 0.4) is 0 Å². The molecule has 0 spiro atoms. The van der Waals surface area contributed by atoms with Crippen LogP contribution >= 0.6 is 0 Å². The van der Waals surface area contributed by atoms with E-state index in [1.54, 1.807) is 13.0 Å². The lowest BCUT2D eigenvalue weighted by Crippen LogP contribution is -2.00. The first-order valence-corrected chi connectivity index (χ1v) is 5.26. The van der Waals surface area contributed by atoms with Gasteiger partial charge in [0.2, 0.25) is 0 Å². The summed E-state index contributed by atoms with van der Waals surface area (Å²) in [5.41, 5.74) is 0.708. The first-order chi connectivity index (χ1) is 5.41. The Balaban J connectivity index is 3.39. The van der Waals surface area contributed by atoms with E-state index in [1.807, 2.05) is 0 Å². The van der Waals surface area contributed by atoms with Crippen LogP contribution in [0.2, 0.25) is 0 Å². The third kappa shape index (κ3) is 1.82. The Kier molecular flexibility index (Phi) is 2.19. The highest BCUT2D eigenvalue weighted by atomic mass is 32.2. The van der Waals surface area contributed by atoms with Gasteiger partial charge in [-0.05, 0) is 24.6 Å². The Morgan fingerprint density at radius 2 is 1.92 bits per heavy atom. The molecule has 0 N–H and O–H groups in total. The molecule has 66 valence electrons. The number of hydrogen-bond donors (Lipinski definition) is 0. The lowest BCUT2D eigenvalue weighted by Gasteiger charge is -2.00. The Bertz CT molecular complexity index is 396. The van der Waals surface area contributed by atoms with E-state index >= 15 is 0 Å². The van der Waals surface area contributed by atoms with Crippen molar-refractivity contribution < 1.29 is 12.8 Å². The highest BCUT2D eigenvalue weighted by Crippen LogP contribution is 2.14. The van der Waals surface area contributed by atoms with Crippen molar-refractivity contribution in [3.63, 3.8) is 0 Å². The molecule has 0 aromatic heterocycles. The molecule has 0 amide bonds. The number of benzene rings is 1. The van der Waals surface area contributed by atoms with Crippen LogP contribution < -0.4 is 0 Å². The second-order valence-corrected chi connectivity index (χ2v) is 4.69. The standard InChI is InChI=1S/C8H9FO2S/c1-6-3-4-8(7(9)5-6)12(2,10)11/h3-5H,1-2H3. The second-order valence-electron chi connectivity index (χ2n) is 2.71. The van der Waals surface area contributed by atoms with Crippen LogP contribution in [0, 0.1) is 12.7 Å². The predicted molar refractivity (Wildman–Crippen MR) is 44.2 cm³/mol. The third-order valence-electron chi connectivity index (χ3n) is 1.49. The number of hydrogen-bond acceptors (Lipinski definition) is 2. The van der Waals surface area contributed by atoms with Gasteiger partial charge in [-0.1, -0.05) is 6.07 Å². The van der Waals surface area contributed by atoms with Crippen molar-refractivity contribution in [2.45, 2.75) is 11.8 Å². The number of halogens is 1. The summed E-state index contributed by atoms with van der Waals surface area (Å²) in [5, 5.41) is 0. The molecule has 12 heavy (non-hydrogen) atoms. The van der Waals surface area contributed by atoms with Crippen LogP contribution in [-0.4, -0.2) is 14.7 Å². The molecule has 0 heterocycles. The fourth-order valence-corrected chi connectivity index (χ4v) is 1.63. The van der Waals surface area contributed by atoms with E-state index in [1.165, 1.54) is 12.1 Å². The Morgan fingerprint density at radius 3 is 2.33 bits per heavy atom. The molecule has 0 fully saturated rings. The van der Waals surface area contributed by atoms with E-state index in [2.05, 4.69) is 0 Å². The van der Waals surface area contributed by atoms with Crippen LogP contribution in [0.5, 0.6) is 0 Å². The molecule has 0 unspecified atom stereocenters. The van der Waals surface area contributed by atoms with Crippen molar-refractivity contribution in [1.82, 2.24) is 0 Å². The molecule has 0 bridgehead atoms. The summed E-state index contributed by atoms with van der Waals surface area (Å²) in [7, 11) is -3.43. The van der Waals surface area contributed by atoms with Crippen molar-refractivity contribution in [2.24, 2.45) is 0 Å². The second kappa shape index (κ2) is 2.86. The summed E-state index contributed by atoms with van der Waals surface area (Å²) in [6, 6.07) is 4.05. The number of aryl methyl sites for hydroxylation is 1. The zero-order valence-electron chi connectivity index (χ0n) is 6.83. The van der Waals surface area contributed by atoms with Crippen LogP contribution in [0.4, 0.5) is 4.39 Å². The normalized spacial score (nSPS) is 11.6. The topological polar surface area (TPSA) is 34.1 Å². The fourth-order valence-electron chi connectivity index (χ4n) is 0.907. The van der Waals surface area contributed by atoms with Crippen molar-refractivity contribution in [3.05, 3.63) is 29.6 Å². The van der Waals surface area contributed by atoms with Crippen LogP contribution in [-0.2, 0) is 9.84 Å². The van der Waals surface area contributed by atoms with Crippen LogP contribution in [0.15, 0.2) is 23.1 Å². The summed E-state index contributed by atoms with van der Waals surface area (Å²) in [4.78, 5) is -0.242. The fraction of sp³-hybridized carbons (Fsp3) is 0.250. The Hall–Kier alpha value is -0.900. The van der Waals surface area contributed by atoms with E-state index < -0.39 is 15.7 Å². The van der Waals surface area contributed by atoms with E-state index in [9.17, 15) is 12.8 Å². The summed E-state index contributed by atoms with van der Waals surface area (Å²) in [5.74, 6) is -0.683. The zero-order valence-corrected chi connectivity index (χ0v) is 7.65. The van der Waals surface area contributed by atoms with E-state index in [0.717, 1.165) is 6.26 Å². The summed E-state index contributed by atoms with van der Waals surface area (Å²) >= 11 is 0. The van der Waals surface area contributed by atoms with Gasteiger partial charge in [0.25, 0.3) is 0 Å². The molecule has 1 aromatic rings. The van der Waals surface area contributed by atoms with Gasteiger partial charge in [-0.2, -0.15) is 0 Å². The molecular formula is C8H9FO2S. The predicted octanol–water partition coefficient (Wildman–Crippen LogP) is 1.54. The van der Waals surface area contributed by atoms with Gasteiger partial charge in [-0.25, -0.2) is 12.8 Å². The molecule has 1 rings (SSSR count). The van der Waals surface area contributed by atoms with Crippen molar-refractivity contribution in [1.29, 1.82) is 0 Å². The molecule has 2 nitrogen and oxygen atoms in total. The molecule has 0 aliphatic rings. The van der Waals surface area contributed by atoms with Crippen molar-refractivity contribution >= 4 is 9.84 Å². The van der Waals surface area contributed by atoms with E-state index in [0.29, 0.717) is 5.56 Å². The maximum Gasteiger partial charge on any atom is 0.178 e. The van der Waals surface area contributed by atoms with Gasteiger partial charge in [0.15, 0.2) is 9.84 Å². The molecule has 4 heteroatoms. The monoisotopic (exact) mass is 188 g/mol. The van der Waals surface area contributed by atoms with Crippen LogP contribution in [0.1, 0.15) is 5.56 Å². The Labute approximate surface area is 71.0 Å². The minimum absolute atomic E-state index is 0.242. The highest BCUT2D eigenvalue weighted by molar-refractivity contribution is 7.90. The smallest absolute Gasteiger partial charge is 0.178 e. The van der Waals surface area contributed by atoms with Gasteiger partial charge in [0, 0.05) is 6.26 Å². The SMILES string of the molecule is Cc1ccc(S(C)(=O)=O)c(F)c1. The molecule has 0 aliphatic carbocycles. The molecule has 0 saturated heterocycles. The van der Waals surface area contributed by atoms with E-state index in [-0.39, 0.29) is 4.90 Å². The van der Waals surface area contributed by atoms with Gasteiger partial charge in [-0.3, -0.25) is 0 Å². The third-order valence-corrected chi connectivity index (χ3v) is 2.62. The minimum atomic E-state index is -3.43. The largest absolute Gasteiger partial charge is 0.224 e. The van der Waals surface area contributed by atoms with E-state index in [4.69, 9.17) is 0 Å². The number of sulfone groups is 1. The highest BCUT2D eigenvalue weighted by Gasteiger charge is 2.12. The first kappa shape index (κ1) is 9.19. The van der Waals surface area contributed by atoms with Gasteiger partial charge in [-0.15, -0.1) is 0 Å². The average molecular weight is 188 g/mol. The molecule has 1 aromatic carbocycles. The molecule has 0 atom stereocenters. The quantitative estimate of drug-likeness (QED) is 0.670. The lowest BCUT2D eigenvalue weighted by atomic mass is 10.2. The lowest BCUT2D eigenvalue weighted by molar-refractivity contribution is 0.570. The van der Waals surface area contributed by atoms with Crippen LogP contribution in [0.25, 0.3) is 0 Å². The number of rotatable bonds is 1. The minimum Gasteiger partial charge on any atom is -0.224 e. The molecule has 0 radical (unpaired) electrons. The van der Waals surface area contributed by atoms with Crippen molar-refractivity contribution in [3.8, 4) is 0 Å². The zero-order chi connectivity index (χ0) is 9.35. The van der Waals surface area contributed by atoms with Gasteiger partial charge >= 0.3 is 0 Å². The summed E-state index contributed by atoms with van der Waals surface area (Å²) in [6.07, 6.45) is 0.987. The van der Waals surface area contributed by atoms with Gasteiger partial charge < -0.3 is 0 Å². The molecule has 0 saturated carbocycles. The first-order valence-electron chi connectivity index (χ1n) is 3.37. The summed E-state index contributed by atoms with van der Waals surface area (Å²) < 4.78 is 34.8. The molecule has 0 aliphatic heterocycles. The maximum atomic E-state index is 13.0. The Morgan fingerprint density at radius 1 is 1.33 bits per heavy atom. The maximum absolute atomic E-state index is 13.0. The van der Waals surface area contributed by atoms with Crippen molar-refractivity contribution in [2.75, 3.05) is 6.26 Å². The van der Waals surface area contributed by atoms with Gasteiger partial charge in [0.05, 0.1) is 0 Å². The summed E-state index contributed by atoms with van der Waals surface area (Å²) in [6.45, 7) is 1.70.